The fourth-order valence-corrected chi connectivity index (χ4v) is 3.29. The maximum atomic E-state index is 3.74. The summed E-state index contributed by atoms with van der Waals surface area (Å²) in [5, 5.41) is 3.74. The first-order valence-electron chi connectivity index (χ1n) is 7.71. The Morgan fingerprint density at radius 2 is 2.00 bits per heavy atom. The van der Waals surface area contributed by atoms with Gasteiger partial charge in [-0.1, -0.05) is 27.2 Å². The Balaban J connectivity index is 1.87. The molecule has 0 aromatic rings. The van der Waals surface area contributed by atoms with E-state index in [-0.39, 0.29) is 0 Å². The SMILES string of the molecule is CCCC(CNC1CC1)N1CCCC1C(C)C. The highest BCUT2D eigenvalue weighted by atomic mass is 15.2. The Bertz CT molecular complexity index is 223. The number of nitrogens with zero attached hydrogens (tertiary/aromatic N) is 1. The van der Waals surface area contributed by atoms with Crippen LogP contribution in [0, 0.1) is 5.92 Å². The van der Waals surface area contributed by atoms with E-state index in [0.717, 1.165) is 24.0 Å². The standard InChI is InChI=1S/C15H30N2/c1-4-6-14(11-16-13-8-9-13)17-10-5-7-15(17)12(2)3/h12-16H,4-11H2,1-3H3. The Labute approximate surface area is 107 Å². The molecule has 0 amide bonds. The zero-order chi connectivity index (χ0) is 12.3. The van der Waals surface area contributed by atoms with Gasteiger partial charge in [-0.25, -0.2) is 0 Å². The summed E-state index contributed by atoms with van der Waals surface area (Å²) in [6.07, 6.45) is 8.33. The van der Waals surface area contributed by atoms with Gasteiger partial charge in [-0.15, -0.1) is 0 Å². The van der Waals surface area contributed by atoms with Gasteiger partial charge in [0.25, 0.3) is 0 Å². The molecule has 2 fully saturated rings. The Hall–Kier alpha value is -0.0800. The lowest BCUT2D eigenvalue weighted by atomic mass is 9.99. The molecule has 2 atom stereocenters. The molecule has 2 unspecified atom stereocenters. The summed E-state index contributed by atoms with van der Waals surface area (Å²) in [6.45, 7) is 9.66. The summed E-state index contributed by atoms with van der Waals surface area (Å²) >= 11 is 0. The molecule has 1 aliphatic carbocycles. The molecule has 0 radical (unpaired) electrons. The van der Waals surface area contributed by atoms with Gasteiger partial charge in [0.05, 0.1) is 0 Å². The second-order valence-electron chi connectivity index (χ2n) is 6.32. The molecule has 1 saturated heterocycles. The van der Waals surface area contributed by atoms with Crippen molar-refractivity contribution in [2.45, 2.75) is 77.4 Å². The van der Waals surface area contributed by atoms with Crippen molar-refractivity contribution in [1.82, 2.24) is 10.2 Å². The molecule has 2 rings (SSSR count). The molecule has 0 bridgehead atoms. The molecule has 1 heterocycles. The van der Waals surface area contributed by atoms with Crippen molar-refractivity contribution < 1.29 is 0 Å². The fourth-order valence-electron chi connectivity index (χ4n) is 3.29. The van der Waals surface area contributed by atoms with Crippen LogP contribution in [0.5, 0.6) is 0 Å². The van der Waals surface area contributed by atoms with Crippen molar-refractivity contribution in [3.05, 3.63) is 0 Å². The van der Waals surface area contributed by atoms with Crippen LogP contribution in [-0.4, -0.2) is 36.1 Å². The van der Waals surface area contributed by atoms with E-state index in [2.05, 4.69) is 31.0 Å². The number of rotatable bonds is 7. The highest BCUT2D eigenvalue weighted by Crippen LogP contribution is 2.28. The van der Waals surface area contributed by atoms with Crippen molar-refractivity contribution in [3.8, 4) is 0 Å². The van der Waals surface area contributed by atoms with Gasteiger partial charge in [0, 0.05) is 24.7 Å². The van der Waals surface area contributed by atoms with E-state index in [4.69, 9.17) is 0 Å². The van der Waals surface area contributed by atoms with Crippen molar-refractivity contribution >= 4 is 0 Å². The number of hydrogen-bond donors (Lipinski definition) is 1. The molecule has 100 valence electrons. The number of hydrogen-bond acceptors (Lipinski definition) is 2. The maximum absolute atomic E-state index is 3.74. The largest absolute Gasteiger partial charge is 0.312 e. The Morgan fingerprint density at radius 1 is 1.24 bits per heavy atom. The van der Waals surface area contributed by atoms with Crippen LogP contribution in [-0.2, 0) is 0 Å². The van der Waals surface area contributed by atoms with Crippen LogP contribution in [0.4, 0.5) is 0 Å². The first kappa shape index (κ1) is 13.4. The summed E-state index contributed by atoms with van der Waals surface area (Å²) in [5.74, 6) is 0.817. The van der Waals surface area contributed by atoms with Crippen molar-refractivity contribution in [1.29, 1.82) is 0 Å². The summed E-state index contributed by atoms with van der Waals surface area (Å²) in [4.78, 5) is 2.81. The summed E-state index contributed by atoms with van der Waals surface area (Å²) < 4.78 is 0. The summed E-state index contributed by atoms with van der Waals surface area (Å²) in [5.41, 5.74) is 0. The smallest absolute Gasteiger partial charge is 0.0223 e. The predicted octanol–water partition coefficient (Wildman–Crippen LogP) is 3.03. The van der Waals surface area contributed by atoms with Crippen molar-refractivity contribution in [3.63, 3.8) is 0 Å². The molecule has 0 spiro atoms. The minimum atomic E-state index is 0.787. The second kappa shape index (κ2) is 6.19. The van der Waals surface area contributed by atoms with E-state index in [1.807, 2.05) is 0 Å². The van der Waals surface area contributed by atoms with Crippen LogP contribution in [0.3, 0.4) is 0 Å². The van der Waals surface area contributed by atoms with Crippen LogP contribution in [0.25, 0.3) is 0 Å². The van der Waals surface area contributed by atoms with Crippen molar-refractivity contribution in [2.24, 2.45) is 5.92 Å². The Kier molecular flexibility index (Phi) is 4.87. The molecule has 0 aromatic carbocycles. The predicted molar refractivity (Wildman–Crippen MR) is 74.3 cm³/mol. The number of nitrogens with one attached hydrogen (secondary N) is 1. The average Bonchev–Trinajstić information content (AvgIpc) is 2.98. The first-order valence-corrected chi connectivity index (χ1v) is 7.71. The highest BCUT2D eigenvalue weighted by Gasteiger charge is 2.32. The van der Waals surface area contributed by atoms with E-state index < -0.39 is 0 Å². The highest BCUT2D eigenvalue weighted by molar-refractivity contribution is 4.89. The fraction of sp³-hybridized carbons (Fsp3) is 1.00. The summed E-state index contributed by atoms with van der Waals surface area (Å²) in [6, 6.07) is 2.48. The van der Waals surface area contributed by atoms with Crippen LogP contribution < -0.4 is 5.32 Å². The van der Waals surface area contributed by atoms with Gasteiger partial charge in [-0.2, -0.15) is 0 Å². The average molecular weight is 238 g/mol. The monoisotopic (exact) mass is 238 g/mol. The topological polar surface area (TPSA) is 15.3 Å². The lowest BCUT2D eigenvalue weighted by Gasteiger charge is -2.35. The minimum Gasteiger partial charge on any atom is -0.312 e. The zero-order valence-corrected chi connectivity index (χ0v) is 11.9. The molecule has 17 heavy (non-hydrogen) atoms. The van der Waals surface area contributed by atoms with E-state index in [1.54, 1.807) is 0 Å². The third kappa shape index (κ3) is 3.69. The zero-order valence-electron chi connectivity index (χ0n) is 11.9. The van der Waals surface area contributed by atoms with Crippen LogP contribution in [0.15, 0.2) is 0 Å². The molecule has 1 aliphatic heterocycles. The first-order chi connectivity index (χ1) is 8.22. The second-order valence-corrected chi connectivity index (χ2v) is 6.32. The lowest BCUT2D eigenvalue weighted by molar-refractivity contribution is 0.135. The Morgan fingerprint density at radius 3 is 2.59 bits per heavy atom. The van der Waals surface area contributed by atoms with E-state index in [0.29, 0.717) is 0 Å². The van der Waals surface area contributed by atoms with Crippen LogP contribution >= 0.6 is 0 Å². The van der Waals surface area contributed by atoms with Gasteiger partial charge in [0.15, 0.2) is 0 Å². The van der Waals surface area contributed by atoms with E-state index >= 15 is 0 Å². The van der Waals surface area contributed by atoms with E-state index in [9.17, 15) is 0 Å². The minimum absolute atomic E-state index is 0.787. The molecule has 2 nitrogen and oxygen atoms in total. The molecule has 2 heteroatoms. The maximum Gasteiger partial charge on any atom is 0.0223 e. The molecular weight excluding hydrogens is 208 g/mol. The third-order valence-corrected chi connectivity index (χ3v) is 4.42. The van der Waals surface area contributed by atoms with Gasteiger partial charge in [0.1, 0.15) is 0 Å². The van der Waals surface area contributed by atoms with Gasteiger partial charge in [-0.05, 0) is 44.6 Å². The molecule has 0 aromatic heterocycles. The van der Waals surface area contributed by atoms with Gasteiger partial charge in [-0.3, -0.25) is 4.90 Å². The van der Waals surface area contributed by atoms with Crippen molar-refractivity contribution in [2.75, 3.05) is 13.1 Å². The number of likely N-dealkylation sites (tertiary alicyclic amines) is 1. The van der Waals surface area contributed by atoms with Crippen LogP contribution in [0.1, 0.15) is 59.3 Å². The summed E-state index contributed by atoms with van der Waals surface area (Å²) in [7, 11) is 0. The molecular formula is C15H30N2. The normalized spacial score (nSPS) is 27.9. The molecule has 1 N–H and O–H groups in total. The van der Waals surface area contributed by atoms with Gasteiger partial charge in [0.2, 0.25) is 0 Å². The van der Waals surface area contributed by atoms with Gasteiger partial charge < -0.3 is 5.32 Å². The quantitative estimate of drug-likeness (QED) is 0.733. The van der Waals surface area contributed by atoms with Crippen LogP contribution in [0.2, 0.25) is 0 Å². The third-order valence-electron chi connectivity index (χ3n) is 4.42. The molecule has 2 aliphatic rings. The lowest BCUT2D eigenvalue weighted by Crippen LogP contribution is -2.47. The van der Waals surface area contributed by atoms with E-state index in [1.165, 1.54) is 51.6 Å². The van der Waals surface area contributed by atoms with Gasteiger partial charge >= 0.3 is 0 Å². The molecule has 1 saturated carbocycles.